The van der Waals surface area contributed by atoms with Crippen molar-refractivity contribution >= 4 is 0 Å². The summed E-state index contributed by atoms with van der Waals surface area (Å²) in [5.41, 5.74) is 0. The van der Waals surface area contributed by atoms with Crippen LogP contribution in [0.25, 0.3) is 0 Å². The Morgan fingerprint density at radius 2 is 1.38 bits per heavy atom. The van der Waals surface area contributed by atoms with Crippen LogP contribution in [0.4, 0.5) is 0 Å². The zero-order chi connectivity index (χ0) is 5.40. The maximum atomic E-state index is 5.03. The molecular formula is C6H10O2. The van der Waals surface area contributed by atoms with Gasteiger partial charge in [-0.3, -0.25) is 0 Å². The average molecular weight is 114 g/mol. The summed E-state index contributed by atoms with van der Waals surface area (Å²) in [6.45, 7) is 1.99. The third-order valence-electron chi connectivity index (χ3n) is 1.62. The van der Waals surface area contributed by atoms with Crippen LogP contribution in [0.15, 0.2) is 0 Å². The van der Waals surface area contributed by atoms with Gasteiger partial charge in [-0.25, -0.2) is 0 Å². The van der Waals surface area contributed by atoms with Crippen molar-refractivity contribution in [3.05, 3.63) is 0 Å². The molecule has 2 nitrogen and oxygen atoms in total. The highest BCUT2D eigenvalue weighted by atomic mass is 16.6. The molecule has 2 heterocycles. The van der Waals surface area contributed by atoms with E-state index in [0.717, 1.165) is 13.2 Å². The Bertz CT molecular complexity index is 72.5. The Hall–Kier alpha value is -0.0800. The molecule has 0 aromatic carbocycles. The maximum absolute atomic E-state index is 5.03. The van der Waals surface area contributed by atoms with E-state index >= 15 is 0 Å². The molecule has 0 radical (unpaired) electrons. The Balaban J connectivity index is 1.56. The molecule has 2 saturated heterocycles. The number of rotatable bonds is 3. The summed E-state index contributed by atoms with van der Waals surface area (Å²) in [7, 11) is 0. The summed E-state index contributed by atoms with van der Waals surface area (Å²) in [6.07, 6.45) is 3.62. The Morgan fingerprint density at radius 1 is 1.00 bits per heavy atom. The molecule has 0 amide bonds. The van der Waals surface area contributed by atoms with Crippen LogP contribution >= 0.6 is 0 Å². The molecule has 0 saturated carbocycles. The summed E-state index contributed by atoms with van der Waals surface area (Å²) in [5, 5.41) is 0. The fourth-order valence-electron chi connectivity index (χ4n) is 0.841. The normalized spacial score (nSPS) is 42.0. The van der Waals surface area contributed by atoms with Gasteiger partial charge in [0.05, 0.1) is 25.4 Å². The van der Waals surface area contributed by atoms with Crippen LogP contribution in [0.3, 0.4) is 0 Å². The highest BCUT2D eigenvalue weighted by molar-refractivity contribution is 4.75. The monoisotopic (exact) mass is 114 g/mol. The van der Waals surface area contributed by atoms with Gasteiger partial charge in [-0.15, -0.1) is 0 Å². The first-order valence-electron chi connectivity index (χ1n) is 3.18. The molecule has 46 valence electrons. The van der Waals surface area contributed by atoms with E-state index in [2.05, 4.69) is 0 Å². The van der Waals surface area contributed by atoms with E-state index in [1.54, 1.807) is 0 Å². The SMILES string of the molecule is C(CC1CO1)C1CO1. The number of hydrogen-bond donors (Lipinski definition) is 0. The summed E-state index contributed by atoms with van der Waals surface area (Å²) < 4.78 is 10.1. The molecule has 0 aromatic heterocycles. The lowest BCUT2D eigenvalue weighted by Gasteiger charge is -1.86. The van der Waals surface area contributed by atoms with Gasteiger partial charge in [0, 0.05) is 0 Å². The fourth-order valence-corrected chi connectivity index (χ4v) is 0.841. The minimum Gasteiger partial charge on any atom is -0.373 e. The largest absolute Gasteiger partial charge is 0.373 e. The predicted octanol–water partition coefficient (Wildman–Crippen LogP) is 0.564. The molecule has 2 unspecified atom stereocenters. The van der Waals surface area contributed by atoms with Crippen LogP contribution in [-0.2, 0) is 9.47 Å². The van der Waals surface area contributed by atoms with Crippen molar-refractivity contribution in [2.24, 2.45) is 0 Å². The molecule has 8 heavy (non-hydrogen) atoms. The van der Waals surface area contributed by atoms with Crippen molar-refractivity contribution in [3.8, 4) is 0 Å². The van der Waals surface area contributed by atoms with Crippen LogP contribution in [0.1, 0.15) is 12.8 Å². The number of ether oxygens (including phenoxy) is 2. The first-order valence-corrected chi connectivity index (χ1v) is 3.18. The van der Waals surface area contributed by atoms with E-state index in [1.165, 1.54) is 12.8 Å². The first-order chi connectivity index (χ1) is 3.95. The van der Waals surface area contributed by atoms with Crippen molar-refractivity contribution in [2.45, 2.75) is 25.0 Å². The second-order valence-corrected chi connectivity index (χ2v) is 2.49. The Labute approximate surface area is 48.8 Å². The van der Waals surface area contributed by atoms with Crippen molar-refractivity contribution in [1.82, 2.24) is 0 Å². The quantitative estimate of drug-likeness (QED) is 0.501. The number of epoxide rings is 2. The minimum absolute atomic E-state index is 0.596. The number of hydrogen-bond acceptors (Lipinski definition) is 2. The lowest BCUT2D eigenvalue weighted by Crippen LogP contribution is -1.89. The van der Waals surface area contributed by atoms with Gasteiger partial charge in [0.25, 0.3) is 0 Å². The van der Waals surface area contributed by atoms with E-state index in [1.807, 2.05) is 0 Å². The summed E-state index contributed by atoms with van der Waals surface area (Å²) in [6, 6.07) is 0. The lowest BCUT2D eigenvalue weighted by molar-refractivity contribution is 0.356. The molecule has 2 heteroatoms. The van der Waals surface area contributed by atoms with Gasteiger partial charge in [0.15, 0.2) is 0 Å². The molecule has 0 aliphatic carbocycles. The Kier molecular flexibility index (Phi) is 1.02. The van der Waals surface area contributed by atoms with Gasteiger partial charge in [-0.1, -0.05) is 0 Å². The van der Waals surface area contributed by atoms with Crippen molar-refractivity contribution in [2.75, 3.05) is 13.2 Å². The molecule has 2 atom stereocenters. The van der Waals surface area contributed by atoms with Crippen molar-refractivity contribution in [3.63, 3.8) is 0 Å². The van der Waals surface area contributed by atoms with E-state index in [-0.39, 0.29) is 0 Å². The Morgan fingerprint density at radius 3 is 1.62 bits per heavy atom. The zero-order valence-electron chi connectivity index (χ0n) is 4.80. The minimum atomic E-state index is 0.596. The lowest BCUT2D eigenvalue weighted by atomic mass is 10.2. The van der Waals surface area contributed by atoms with Crippen LogP contribution in [0.5, 0.6) is 0 Å². The smallest absolute Gasteiger partial charge is 0.0810 e. The van der Waals surface area contributed by atoms with E-state index in [4.69, 9.17) is 9.47 Å². The zero-order valence-corrected chi connectivity index (χ0v) is 4.80. The fraction of sp³-hybridized carbons (Fsp3) is 1.00. The third kappa shape index (κ3) is 1.20. The van der Waals surface area contributed by atoms with Gasteiger partial charge in [0.2, 0.25) is 0 Å². The maximum Gasteiger partial charge on any atom is 0.0810 e. The van der Waals surface area contributed by atoms with E-state index in [9.17, 15) is 0 Å². The highest BCUT2D eigenvalue weighted by Crippen LogP contribution is 2.22. The molecule has 2 rings (SSSR count). The van der Waals surface area contributed by atoms with Crippen LogP contribution in [0.2, 0.25) is 0 Å². The second-order valence-electron chi connectivity index (χ2n) is 2.49. The average Bonchev–Trinajstić information content (AvgIpc) is 2.60. The van der Waals surface area contributed by atoms with E-state index < -0.39 is 0 Å². The molecular weight excluding hydrogens is 104 g/mol. The molecule has 0 bridgehead atoms. The van der Waals surface area contributed by atoms with Gasteiger partial charge in [-0.2, -0.15) is 0 Å². The molecule has 2 aliphatic heterocycles. The first kappa shape index (κ1) is 4.77. The predicted molar refractivity (Wildman–Crippen MR) is 28.7 cm³/mol. The van der Waals surface area contributed by atoms with Crippen LogP contribution < -0.4 is 0 Å². The standard InChI is InChI=1S/C6H10O2/c1(5-3-7-5)2-6-4-8-6/h5-6H,1-4H2. The summed E-state index contributed by atoms with van der Waals surface area (Å²) in [4.78, 5) is 0. The van der Waals surface area contributed by atoms with Gasteiger partial charge < -0.3 is 9.47 Å². The summed E-state index contributed by atoms with van der Waals surface area (Å²) in [5.74, 6) is 0. The van der Waals surface area contributed by atoms with Crippen LogP contribution in [0, 0.1) is 0 Å². The second kappa shape index (κ2) is 1.71. The molecule has 2 aliphatic rings. The van der Waals surface area contributed by atoms with Gasteiger partial charge >= 0.3 is 0 Å². The van der Waals surface area contributed by atoms with E-state index in [0.29, 0.717) is 12.2 Å². The molecule has 0 aromatic rings. The topological polar surface area (TPSA) is 25.1 Å². The molecule has 2 fully saturated rings. The van der Waals surface area contributed by atoms with Gasteiger partial charge in [0.1, 0.15) is 0 Å². The third-order valence-corrected chi connectivity index (χ3v) is 1.62. The van der Waals surface area contributed by atoms with Crippen molar-refractivity contribution < 1.29 is 9.47 Å². The summed E-state index contributed by atoms with van der Waals surface area (Å²) >= 11 is 0. The highest BCUT2D eigenvalue weighted by Gasteiger charge is 2.28. The van der Waals surface area contributed by atoms with Crippen LogP contribution in [-0.4, -0.2) is 25.4 Å². The molecule has 0 N–H and O–H groups in total. The van der Waals surface area contributed by atoms with Gasteiger partial charge in [-0.05, 0) is 12.8 Å². The van der Waals surface area contributed by atoms with Crippen molar-refractivity contribution in [1.29, 1.82) is 0 Å². The molecule has 0 spiro atoms.